The second-order valence-electron chi connectivity index (χ2n) is 12.0. The van der Waals surface area contributed by atoms with Crippen LogP contribution in [0.4, 0.5) is 0 Å². The average Bonchev–Trinajstić information content (AvgIpc) is 3.37. The van der Waals surface area contributed by atoms with Gasteiger partial charge in [0.05, 0.1) is 0 Å². The van der Waals surface area contributed by atoms with E-state index in [4.69, 9.17) is 0 Å². The van der Waals surface area contributed by atoms with Gasteiger partial charge in [-0.25, -0.2) is 0 Å². The highest BCUT2D eigenvalue weighted by molar-refractivity contribution is 5.79. The first-order chi connectivity index (χ1) is 15.0. The molecule has 0 aliphatic heterocycles. The molecule has 2 aliphatic carbocycles. The molecule has 0 heterocycles. The highest BCUT2D eigenvalue weighted by Crippen LogP contribution is 2.46. The lowest BCUT2D eigenvalue weighted by atomic mass is 9.76. The Balaban J connectivity index is 1.69. The Bertz CT molecular complexity index is 1080. The topological polar surface area (TPSA) is 0 Å². The van der Waals surface area contributed by atoms with E-state index in [0.717, 1.165) is 19.3 Å². The van der Waals surface area contributed by atoms with E-state index in [1.54, 1.807) is 11.1 Å². The van der Waals surface area contributed by atoms with Crippen LogP contribution in [0.5, 0.6) is 0 Å². The molecule has 0 fully saturated rings. The summed E-state index contributed by atoms with van der Waals surface area (Å²) < 4.78 is 0. The zero-order chi connectivity index (χ0) is 23.3. The van der Waals surface area contributed by atoms with Crippen molar-refractivity contribution in [1.29, 1.82) is 0 Å². The fourth-order valence-corrected chi connectivity index (χ4v) is 5.40. The third-order valence-corrected chi connectivity index (χ3v) is 7.40. The monoisotopic (exact) mass is 424 g/mol. The van der Waals surface area contributed by atoms with Crippen LogP contribution >= 0.6 is 0 Å². The second kappa shape index (κ2) is 8.22. The smallest absolute Gasteiger partial charge is 0.0160 e. The van der Waals surface area contributed by atoms with Crippen LogP contribution in [-0.4, -0.2) is 0 Å². The number of hydrogen-bond acceptors (Lipinski definition) is 0. The van der Waals surface area contributed by atoms with Crippen LogP contribution in [0.3, 0.4) is 0 Å². The molecule has 0 N–H and O–H groups in total. The molecule has 1 atom stereocenters. The molecule has 1 unspecified atom stereocenters. The third-order valence-electron chi connectivity index (χ3n) is 7.40. The van der Waals surface area contributed by atoms with Gasteiger partial charge in [-0.2, -0.15) is 0 Å². The third kappa shape index (κ3) is 4.29. The van der Waals surface area contributed by atoms with Crippen molar-refractivity contribution < 1.29 is 0 Å². The number of benzene rings is 2. The molecule has 0 spiro atoms. The molecule has 0 amide bonds. The minimum absolute atomic E-state index is 0.137. The first kappa shape index (κ1) is 22.8. The van der Waals surface area contributed by atoms with E-state index in [0.29, 0.717) is 11.8 Å². The Morgan fingerprint density at radius 3 is 2.22 bits per heavy atom. The number of hydrogen-bond donors (Lipinski definition) is 0. The number of allylic oxidation sites excluding steroid dienone is 5. The van der Waals surface area contributed by atoms with Gasteiger partial charge >= 0.3 is 0 Å². The molecule has 0 nitrogen and oxygen atoms in total. The molecule has 0 radical (unpaired) electrons. The minimum atomic E-state index is 0.137. The highest BCUT2D eigenvalue weighted by Gasteiger charge is 2.30. The Morgan fingerprint density at radius 1 is 0.938 bits per heavy atom. The van der Waals surface area contributed by atoms with Crippen LogP contribution in [0.2, 0.25) is 0 Å². The predicted molar refractivity (Wildman–Crippen MR) is 141 cm³/mol. The van der Waals surface area contributed by atoms with E-state index in [1.807, 2.05) is 0 Å². The first-order valence-electron chi connectivity index (χ1n) is 12.3. The molecular weight excluding hydrogens is 384 g/mol. The summed E-state index contributed by atoms with van der Waals surface area (Å²) in [7, 11) is 0. The van der Waals surface area contributed by atoms with Crippen molar-refractivity contribution in [2.75, 3.05) is 0 Å². The number of rotatable bonds is 5. The molecule has 2 aliphatic rings. The van der Waals surface area contributed by atoms with Crippen molar-refractivity contribution in [2.24, 2.45) is 5.92 Å². The molecule has 0 saturated carbocycles. The summed E-state index contributed by atoms with van der Waals surface area (Å²) in [6, 6.07) is 12.0. The van der Waals surface area contributed by atoms with Crippen molar-refractivity contribution >= 4 is 0 Å². The molecule has 0 saturated heterocycles. The van der Waals surface area contributed by atoms with Crippen LogP contribution in [0.15, 0.2) is 66.8 Å². The number of fused-ring (bicyclic) bond motifs is 3. The first-order valence-corrected chi connectivity index (χ1v) is 12.3. The Morgan fingerprint density at radius 2 is 1.59 bits per heavy atom. The molecular formula is C32H40. The zero-order valence-corrected chi connectivity index (χ0v) is 21.2. The van der Waals surface area contributed by atoms with Gasteiger partial charge in [0.1, 0.15) is 0 Å². The van der Waals surface area contributed by atoms with Gasteiger partial charge in [-0.3, -0.25) is 0 Å². The van der Waals surface area contributed by atoms with Crippen molar-refractivity contribution in [3.63, 3.8) is 0 Å². The average molecular weight is 425 g/mol. The maximum absolute atomic E-state index is 4.41. The van der Waals surface area contributed by atoms with E-state index in [9.17, 15) is 0 Å². The van der Waals surface area contributed by atoms with Crippen LogP contribution < -0.4 is 0 Å². The summed E-state index contributed by atoms with van der Waals surface area (Å²) in [5.74, 6) is 0.938. The van der Waals surface area contributed by atoms with Gasteiger partial charge in [0.15, 0.2) is 0 Å². The van der Waals surface area contributed by atoms with E-state index in [1.165, 1.54) is 33.4 Å². The van der Waals surface area contributed by atoms with Crippen molar-refractivity contribution in [2.45, 2.75) is 84.5 Å². The molecule has 2 aromatic rings. The van der Waals surface area contributed by atoms with Gasteiger partial charge in [-0.15, -0.1) is 0 Å². The second-order valence-corrected chi connectivity index (χ2v) is 12.0. The fourth-order valence-electron chi connectivity index (χ4n) is 5.40. The van der Waals surface area contributed by atoms with Crippen molar-refractivity contribution in [3.05, 3.63) is 94.6 Å². The van der Waals surface area contributed by atoms with Gasteiger partial charge in [0, 0.05) is 5.92 Å². The summed E-state index contributed by atoms with van der Waals surface area (Å²) >= 11 is 0. The molecule has 2 aromatic carbocycles. The predicted octanol–water partition coefficient (Wildman–Crippen LogP) is 9.03. The Hall–Kier alpha value is -2.34. The van der Waals surface area contributed by atoms with E-state index < -0.39 is 0 Å². The lowest BCUT2D eigenvalue weighted by Gasteiger charge is -2.29. The van der Waals surface area contributed by atoms with Gasteiger partial charge < -0.3 is 0 Å². The normalized spacial score (nSPS) is 16.3. The summed E-state index contributed by atoms with van der Waals surface area (Å²) in [5.41, 5.74) is 12.2. The molecule has 4 rings (SSSR count). The Kier molecular flexibility index (Phi) is 5.86. The van der Waals surface area contributed by atoms with E-state index in [-0.39, 0.29) is 10.8 Å². The highest BCUT2D eigenvalue weighted by atomic mass is 14.3. The Labute approximate surface area is 196 Å². The van der Waals surface area contributed by atoms with Crippen molar-refractivity contribution in [1.82, 2.24) is 0 Å². The molecule has 0 aromatic heterocycles. The lowest BCUT2D eigenvalue weighted by molar-refractivity contribution is 0.561. The summed E-state index contributed by atoms with van der Waals surface area (Å²) in [4.78, 5) is 0. The van der Waals surface area contributed by atoms with Gasteiger partial charge in [0.25, 0.3) is 0 Å². The summed E-state index contributed by atoms with van der Waals surface area (Å²) in [5, 5.41) is 0. The molecule has 0 bridgehead atoms. The standard InChI is InChI=1S/C32H40/c1-21(23-11-9-10-12-23)13-14-22(2)30-28-20-24-19-25(31(3,4)5)15-16-26(24)27(28)17-18-29(30)32(6,7)8/h9-12,15-19,22-23H,1,13-14,20H2,2-8H3. The molecule has 0 heteroatoms. The maximum atomic E-state index is 4.41. The maximum Gasteiger partial charge on any atom is 0.0160 e. The van der Waals surface area contributed by atoms with Crippen LogP contribution in [0.1, 0.15) is 95.0 Å². The van der Waals surface area contributed by atoms with Crippen LogP contribution in [0, 0.1) is 5.92 Å². The largest absolute Gasteiger partial charge is 0.0989 e. The minimum Gasteiger partial charge on any atom is -0.0989 e. The fraction of sp³-hybridized carbons (Fsp3) is 0.438. The van der Waals surface area contributed by atoms with Crippen LogP contribution in [0.25, 0.3) is 11.1 Å². The summed E-state index contributed by atoms with van der Waals surface area (Å²) in [6.07, 6.45) is 12.1. The van der Waals surface area contributed by atoms with Gasteiger partial charge in [0.2, 0.25) is 0 Å². The summed E-state index contributed by atoms with van der Waals surface area (Å²) in [6.45, 7) is 20.8. The van der Waals surface area contributed by atoms with Crippen molar-refractivity contribution in [3.8, 4) is 11.1 Å². The SMILES string of the molecule is C=C(CCC(C)c1c(C(C)(C)C)ccc2c1Cc1cc(C(C)(C)C)ccc1-2)C1C=CC=C1. The van der Waals surface area contributed by atoms with Crippen LogP contribution in [-0.2, 0) is 17.3 Å². The molecule has 32 heavy (non-hydrogen) atoms. The lowest BCUT2D eigenvalue weighted by Crippen LogP contribution is -2.17. The van der Waals surface area contributed by atoms with E-state index >= 15 is 0 Å². The van der Waals surface area contributed by atoms with Gasteiger partial charge in [-0.1, -0.05) is 115 Å². The van der Waals surface area contributed by atoms with Gasteiger partial charge in [-0.05, 0) is 75.0 Å². The van der Waals surface area contributed by atoms with E-state index in [2.05, 4.69) is 110 Å². The zero-order valence-electron chi connectivity index (χ0n) is 21.2. The molecule has 168 valence electrons. The quantitative estimate of drug-likeness (QED) is 0.358.